The van der Waals surface area contributed by atoms with Crippen LogP contribution in [0.1, 0.15) is 18.1 Å². The van der Waals surface area contributed by atoms with E-state index in [9.17, 15) is 0 Å². The van der Waals surface area contributed by atoms with Crippen molar-refractivity contribution >= 4 is 22.6 Å². The molecule has 0 saturated heterocycles. The number of hydrogen-bond donors (Lipinski definition) is 0. The zero-order valence-corrected chi connectivity index (χ0v) is 11.6. The molecule has 2 rings (SSSR count). The molecule has 0 bridgehead atoms. The van der Waals surface area contributed by atoms with E-state index < -0.39 is 0 Å². The van der Waals surface area contributed by atoms with Gasteiger partial charge in [0.2, 0.25) is 0 Å². The van der Waals surface area contributed by atoms with E-state index in [1.54, 1.807) is 7.11 Å². The molecule has 0 aliphatic heterocycles. The highest BCUT2D eigenvalue weighted by molar-refractivity contribution is 6.33. The fourth-order valence-electron chi connectivity index (χ4n) is 1.89. The monoisotopic (exact) mass is 266 g/mol. The summed E-state index contributed by atoms with van der Waals surface area (Å²) in [6.07, 6.45) is 0.853. The SMILES string of the molecule is CCc1cc2nc(OC)c(OC)nc2c(C)c1Cl. The minimum atomic E-state index is 0.369. The normalized spacial score (nSPS) is 10.7. The third-order valence-electron chi connectivity index (χ3n) is 2.91. The highest BCUT2D eigenvalue weighted by Gasteiger charge is 2.14. The van der Waals surface area contributed by atoms with Crippen LogP contribution in [0.25, 0.3) is 11.0 Å². The largest absolute Gasteiger partial charge is 0.477 e. The highest BCUT2D eigenvalue weighted by atomic mass is 35.5. The van der Waals surface area contributed by atoms with Crippen molar-refractivity contribution in [1.29, 1.82) is 0 Å². The average Bonchev–Trinajstić information content (AvgIpc) is 2.41. The van der Waals surface area contributed by atoms with Gasteiger partial charge in [0.1, 0.15) is 0 Å². The molecule has 1 aromatic heterocycles. The third kappa shape index (κ3) is 1.97. The molecule has 0 spiro atoms. The first-order chi connectivity index (χ1) is 8.62. The first kappa shape index (κ1) is 12.9. The predicted molar refractivity (Wildman–Crippen MR) is 71.8 cm³/mol. The molecule has 96 valence electrons. The predicted octanol–water partition coefficient (Wildman–Crippen LogP) is 3.17. The van der Waals surface area contributed by atoms with Crippen molar-refractivity contribution in [3.8, 4) is 11.8 Å². The second-order valence-corrected chi connectivity index (χ2v) is 4.32. The zero-order valence-electron chi connectivity index (χ0n) is 10.9. The molecule has 1 aromatic carbocycles. The van der Waals surface area contributed by atoms with Gasteiger partial charge in [-0.2, -0.15) is 0 Å². The Hall–Kier alpha value is -1.55. The van der Waals surface area contributed by atoms with E-state index in [1.807, 2.05) is 13.0 Å². The van der Waals surface area contributed by atoms with Crippen LogP contribution >= 0.6 is 11.6 Å². The van der Waals surface area contributed by atoms with Crippen molar-refractivity contribution in [3.05, 3.63) is 22.2 Å². The third-order valence-corrected chi connectivity index (χ3v) is 3.43. The Morgan fingerprint density at radius 2 is 1.78 bits per heavy atom. The Bertz CT molecular complexity index is 599. The number of ether oxygens (including phenoxy) is 2. The average molecular weight is 267 g/mol. The topological polar surface area (TPSA) is 44.2 Å². The van der Waals surface area contributed by atoms with E-state index in [0.717, 1.165) is 33.6 Å². The van der Waals surface area contributed by atoms with Crippen molar-refractivity contribution < 1.29 is 9.47 Å². The minimum absolute atomic E-state index is 0.369. The van der Waals surface area contributed by atoms with E-state index in [2.05, 4.69) is 16.9 Å². The van der Waals surface area contributed by atoms with Gasteiger partial charge in [0.15, 0.2) is 0 Å². The molecular formula is C13H15ClN2O2. The summed E-state index contributed by atoms with van der Waals surface area (Å²) in [5.41, 5.74) is 3.49. The number of hydrogen-bond acceptors (Lipinski definition) is 4. The molecule has 1 heterocycles. The molecular weight excluding hydrogens is 252 g/mol. The van der Waals surface area contributed by atoms with Gasteiger partial charge in [-0.25, -0.2) is 9.97 Å². The van der Waals surface area contributed by atoms with Crippen molar-refractivity contribution in [2.45, 2.75) is 20.3 Å². The van der Waals surface area contributed by atoms with Gasteiger partial charge in [0, 0.05) is 5.02 Å². The Morgan fingerprint density at radius 1 is 1.17 bits per heavy atom. The summed E-state index contributed by atoms with van der Waals surface area (Å²) in [5, 5.41) is 0.742. The van der Waals surface area contributed by atoms with Crippen LogP contribution in [0.3, 0.4) is 0 Å². The molecule has 2 aromatic rings. The van der Waals surface area contributed by atoms with E-state index in [-0.39, 0.29) is 0 Å². The van der Waals surface area contributed by atoms with E-state index in [4.69, 9.17) is 21.1 Å². The van der Waals surface area contributed by atoms with Gasteiger partial charge in [0.05, 0.1) is 25.3 Å². The summed E-state index contributed by atoms with van der Waals surface area (Å²) in [5.74, 6) is 0.752. The maximum atomic E-state index is 6.30. The van der Waals surface area contributed by atoms with Crippen molar-refractivity contribution in [2.24, 2.45) is 0 Å². The van der Waals surface area contributed by atoms with Crippen molar-refractivity contribution in [2.75, 3.05) is 14.2 Å². The molecule has 0 radical (unpaired) electrons. The van der Waals surface area contributed by atoms with Crippen LogP contribution in [0.2, 0.25) is 5.02 Å². The fraction of sp³-hybridized carbons (Fsp3) is 0.385. The molecule has 0 saturated carbocycles. The van der Waals surface area contributed by atoms with Gasteiger partial charge >= 0.3 is 0 Å². The summed E-state index contributed by atoms with van der Waals surface area (Å²) in [6, 6.07) is 1.94. The number of methoxy groups -OCH3 is 2. The van der Waals surface area contributed by atoms with Gasteiger partial charge in [-0.05, 0) is 30.5 Å². The molecule has 4 nitrogen and oxygen atoms in total. The molecule has 5 heteroatoms. The van der Waals surface area contributed by atoms with Crippen LogP contribution in [0.15, 0.2) is 6.07 Å². The van der Waals surface area contributed by atoms with Crippen LogP contribution in [-0.2, 0) is 6.42 Å². The lowest BCUT2D eigenvalue weighted by molar-refractivity contribution is 0.334. The summed E-state index contributed by atoms with van der Waals surface area (Å²) < 4.78 is 10.3. The van der Waals surface area contributed by atoms with E-state index in [1.165, 1.54) is 7.11 Å². The molecule has 0 atom stereocenters. The van der Waals surface area contributed by atoms with Gasteiger partial charge in [-0.15, -0.1) is 0 Å². The van der Waals surface area contributed by atoms with Crippen molar-refractivity contribution in [3.63, 3.8) is 0 Å². The van der Waals surface area contributed by atoms with E-state index >= 15 is 0 Å². The summed E-state index contributed by atoms with van der Waals surface area (Å²) in [4.78, 5) is 8.81. The summed E-state index contributed by atoms with van der Waals surface area (Å²) in [7, 11) is 3.08. The van der Waals surface area contributed by atoms with Gasteiger partial charge in [-0.1, -0.05) is 18.5 Å². The Balaban J connectivity index is 2.80. The number of halogens is 1. The van der Waals surface area contributed by atoms with Crippen LogP contribution < -0.4 is 9.47 Å². The van der Waals surface area contributed by atoms with Gasteiger partial charge in [0.25, 0.3) is 11.8 Å². The lowest BCUT2D eigenvalue weighted by atomic mass is 10.1. The minimum Gasteiger partial charge on any atom is -0.477 e. The van der Waals surface area contributed by atoms with Crippen LogP contribution in [0.5, 0.6) is 11.8 Å². The number of aryl methyl sites for hydroxylation is 2. The fourth-order valence-corrected chi connectivity index (χ4v) is 2.17. The Labute approximate surface area is 111 Å². The van der Waals surface area contributed by atoms with Crippen LogP contribution in [0, 0.1) is 6.92 Å². The Kier molecular flexibility index (Phi) is 3.57. The second-order valence-electron chi connectivity index (χ2n) is 3.94. The summed E-state index contributed by atoms with van der Waals surface area (Å²) in [6.45, 7) is 3.99. The zero-order chi connectivity index (χ0) is 13.3. The molecule has 0 aliphatic rings. The molecule has 0 fully saturated rings. The van der Waals surface area contributed by atoms with E-state index in [0.29, 0.717) is 11.8 Å². The lowest BCUT2D eigenvalue weighted by Crippen LogP contribution is -2.00. The lowest BCUT2D eigenvalue weighted by Gasteiger charge is -2.11. The maximum absolute atomic E-state index is 6.30. The number of nitrogens with zero attached hydrogens (tertiary/aromatic N) is 2. The van der Waals surface area contributed by atoms with Crippen molar-refractivity contribution in [1.82, 2.24) is 9.97 Å². The van der Waals surface area contributed by atoms with Gasteiger partial charge in [-0.3, -0.25) is 0 Å². The molecule has 0 amide bonds. The number of rotatable bonds is 3. The molecule has 0 aliphatic carbocycles. The quantitative estimate of drug-likeness (QED) is 0.856. The molecule has 18 heavy (non-hydrogen) atoms. The number of aromatic nitrogens is 2. The van der Waals surface area contributed by atoms with Gasteiger partial charge < -0.3 is 9.47 Å². The first-order valence-corrected chi connectivity index (χ1v) is 6.07. The molecule has 0 N–H and O–H groups in total. The highest BCUT2D eigenvalue weighted by Crippen LogP contribution is 2.32. The smallest absolute Gasteiger partial charge is 0.278 e. The standard InChI is InChI=1S/C13H15ClN2O2/c1-5-8-6-9-11(7(2)10(8)14)16-13(18-4)12(15-9)17-3/h6H,5H2,1-4H3. The maximum Gasteiger partial charge on any atom is 0.278 e. The van der Waals surface area contributed by atoms with Crippen LogP contribution in [-0.4, -0.2) is 24.2 Å². The Morgan fingerprint density at radius 3 is 2.33 bits per heavy atom. The number of benzene rings is 1. The first-order valence-electron chi connectivity index (χ1n) is 5.70. The number of fused-ring (bicyclic) bond motifs is 1. The summed E-state index contributed by atoms with van der Waals surface area (Å²) >= 11 is 6.30. The second kappa shape index (κ2) is 4.98. The van der Waals surface area contributed by atoms with Crippen LogP contribution in [0.4, 0.5) is 0 Å². The molecule has 0 unspecified atom stereocenters.